The quantitative estimate of drug-likeness (QED) is 0.262. The Hall–Kier alpha value is -2.79. The van der Waals surface area contributed by atoms with Crippen molar-refractivity contribution < 1.29 is 0 Å². The van der Waals surface area contributed by atoms with Crippen molar-refractivity contribution in [3.63, 3.8) is 0 Å². The van der Waals surface area contributed by atoms with E-state index in [9.17, 15) is 0 Å². The molecule has 0 fully saturated rings. The maximum Gasteiger partial charge on any atom is 0.158 e. The zero-order valence-electron chi connectivity index (χ0n) is 19.3. The van der Waals surface area contributed by atoms with Gasteiger partial charge in [0.1, 0.15) is 11.2 Å². The number of benzene rings is 2. The second-order valence-corrected chi connectivity index (χ2v) is 10.6. The Morgan fingerprint density at radius 1 is 1.16 bits per heavy atom. The molecule has 1 aliphatic rings. The molecule has 0 aliphatic heterocycles. The van der Waals surface area contributed by atoms with Crippen LogP contribution in [0.4, 0.5) is 5.82 Å². The molecule has 32 heavy (non-hydrogen) atoms. The molecule has 0 amide bonds. The lowest BCUT2D eigenvalue weighted by molar-refractivity contribution is 0.184. The van der Waals surface area contributed by atoms with Crippen LogP contribution in [0.1, 0.15) is 56.5 Å². The summed E-state index contributed by atoms with van der Waals surface area (Å²) in [6.07, 6.45) is 6.36. The molecule has 2 aromatic heterocycles. The zero-order valence-corrected chi connectivity index (χ0v) is 20.1. The molecule has 2 aromatic carbocycles. The monoisotopic (exact) mass is 442 g/mol. The van der Waals surface area contributed by atoms with Crippen molar-refractivity contribution in [1.29, 1.82) is 0 Å². The molecule has 2 heterocycles. The maximum absolute atomic E-state index is 4.72. The highest BCUT2D eigenvalue weighted by molar-refractivity contribution is 7.19. The summed E-state index contributed by atoms with van der Waals surface area (Å²) in [4.78, 5) is 11.7. The largest absolute Gasteiger partial charge is 0.260 e. The third-order valence-corrected chi connectivity index (χ3v) is 8.55. The molecule has 0 radical (unpaired) electrons. The normalized spacial score (nSPS) is 17.0. The van der Waals surface area contributed by atoms with Gasteiger partial charge in [0.15, 0.2) is 5.82 Å². The van der Waals surface area contributed by atoms with Gasteiger partial charge in [0.2, 0.25) is 0 Å². The van der Waals surface area contributed by atoms with E-state index in [4.69, 9.17) is 5.10 Å². The SMILES string of the molecule is CCC(C)(C)C1CCc2sc3ncnc(N/N=C(\C)c4ccc5ccccc5c4)c3c2C1. The second kappa shape index (κ2) is 8.28. The van der Waals surface area contributed by atoms with Crippen molar-refractivity contribution >= 4 is 43.9 Å². The van der Waals surface area contributed by atoms with Gasteiger partial charge in [-0.05, 0) is 65.5 Å². The van der Waals surface area contributed by atoms with Gasteiger partial charge in [-0.3, -0.25) is 5.43 Å². The Labute approximate surface area is 193 Å². The molecule has 1 aliphatic carbocycles. The number of thiophene rings is 1. The molecule has 4 aromatic rings. The number of nitrogens with zero attached hydrogens (tertiary/aromatic N) is 3. The molecule has 0 bridgehead atoms. The van der Waals surface area contributed by atoms with Crippen LogP contribution >= 0.6 is 11.3 Å². The molecular weight excluding hydrogens is 412 g/mol. The van der Waals surface area contributed by atoms with Gasteiger partial charge in [0, 0.05) is 4.88 Å². The summed E-state index contributed by atoms with van der Waals surface area (Å²) in [5, 5.41) is 8.34. The average Bonchev–Trinajstić information content (AvgIpc) is 3.20. The van der Waals surface area contributed by atoms with E-state index in [0.29, 0.717) is 11.3 Å². The highest BCUT2D eigenvalue weighted by Crippen LogP contribution is 2.45. The summed E-state index contributed by atoms with van der Waals surface area (Å²) in [6, 6.07) is 14.9. The molecule has 4 nitrogen and oxygen atoms in total. The van der Waals surface area contributed by atoms with E-state index in [1.807, 2.05) is 18.3 Å². The van der Waals surface area contributed by atoms with Crippen molar-refractivity contribution in [3.8, 4) is 0 Å². The van der Waals surface area contributed by atoms with Crippen LogP contribution in [-0.2, 0) is 12.8 Å². The second-order valence-electron chi connectivity index (χ2n) is 9.56. The topological polar surface area (TPSA) is 50.2 Å². The molecule has 1 atom stereocenters. The molecule has 5 heteroatoms. The molecular formula is C27H30N4S. The Morgan fingerprint density at radius 3 is 2.78 bits per heavy atom. The molecule has 164 valence electrons. The number of hydrogen-bond acceptors (Lipinski definition) is 5. The number of hydrazone groups is 1. The van der Waals surface area contributed by atoms with Crippen molar-refractivity contribution in [2.75, 3.05) is 5.43 Å². The summed E-state index contributed by atoms with van der Waals surface area (Å²) >= 11 is 1.83. The Bertz CT molecular complexity index is 1320. The zero-order chi connectivity index (χ0) is 22.3. The van der Waals surface area contributed by atoms with E-state index < -0.39 is 0 Å². The standard InChI is InChI=1S/C27H30N4S/c1-5-27(3,4)21-12-13-23-22(15-21)24-25(28-16-29-26(24)32-23)31-30-17(2)19-11-10-18-8-6-7-9-20(18)14-19/h6-11,14,16,21H,5,12-13,15H2,1-4H3,(H,28,29,31)/b30-17+. The summed E-state index contributed by atoms with van der Waals surface area (Å²) < 4.78 is 0. The van der Waals surface area contributed by atoms with Crippen LogP contribution in [-0.4, -0.2) is 15.7 Å². The van der Waals surface area contributed by atoms with Gasteiger partial charge >= 0.3 is 0 Å². The summed E-state index contributed by atoms with van der Waals surface area (Å²) in [6.45, 7) is 9.16. The predicted octanol–water partition coefficient (Wildman–Crippen LogP) is 7.22. The third kappa shape index (κ3) is 3.79. The number of anilines is 1. The van der Waals surface area contributed by atoms with Crippen LogP contribution in [0.15, 0.2) is 53.9 Å². The third-order valence-electron chi connectivity index (χ3n) is 7.35. The molecule has 0 spiro atoms. The fourth-order valence-electron chi connectivity index (χ4n) is 4.76. The van der Waals surface area contributed by atoms with E-state index >= 15 is 0 Å². The summed E-state index contributed by atoms with van der Waals surface area (Å²) in [7, 11) is 0. The van der Waals surface area contributed by atoms with E-state index in [1.165, 1.54) is 39.4 Å². The van der Waals surface area contributed by atoms with E-state index in [0.717, 1.165) is 34.8 Å². The van der Waals surface area contributed by atoms with Crippen molar-refractivity contribution in [1.82, 2.24) is 9.97 Å². The lowest BCUT2D eigenvalue weighted by atomic mass is 9.69. The maximum atomic E-state index is 4.72. The van der Waals surface area contributed by atoms with Gasteiger partial charge in [-0.2, -0.15) is 5.10 Å². The number of nitrogens with one attached hydrogen (secondary N) is 1. The molecule has 5 rings (SSSR count). The lowest BCUT2D eigenvalue weighted by Gasteiger charge is -2.36. The highest BCUT2D eigenvalue weighted by Gasteiger charge is 2.33. The minimum atomic E-state index is 0.347. The Morgan fingerprint density at radius 2 is 1.97 bits per heavy atom. The lowest BCUT2D eigenvalue weighted by Crippen LogP contribution is -2.28. The minimum Gasteiger partial charge on any atom is -0.260 e. The van der Waals surface area contributed by atoms with Gasteiger partial charge < -0.3 is 0 Å². The first-order valence-corrected chi connectivity index (χ1v) is 12.3. The van der Waals surface area contributed by atoms with Crippen LogP contribution in [0.25, 0.3) is 21.0 Å². The summed E-state index contributed by atoms with van der Waals surface area (Å²) in [5.41, 5.74) is 7.11. The van der Waals surface area contributed by atoms with Crippen LogP contribution in [0.2, 0.25) is 0 Å². The number of rotatable bonds is 5. The van der Waals surface area contributed by atoms with Crippen molar-refractivity contribution in [2.24, 2.45) is 16.4 Å². The Kier molecular flexibility index (Phi) is 5.46. The van der Waals surface area contributed by atoms with Gasteiger partial charge in [-0.15, -0.1) is 11.3 Å². The molecule has 1 unspecified atom stereocenters. The number of aryl methyl sites for hydroxylation is 1. The molecule has 0 saturated heterocycles. The van der Waals surface area contributed by atoms with Crippen LogP contribution in [0, 0.1) is 11.3 Å². The molecule has 0 saturated carbocycles. The average molecular weight is 443 g/mol. The van der Waals surface area contributed by atoms with E-state index in [1.54, 1.807) is 6.33 Å². The first-order chi connectivity index (χ1) is 15.5. The van der Waals surface area contributed by atoms with Crippen molar-refractivity contribution in [3.05, 3.63) is 64.8 Å². The highest BCUT2D eigenvalue weighted by atomic mass is 32.1. The summed E-state index contributed by atoms with van der Waals surface area (Å²) in [5.74, 6) is 1.51. The fourth-order valence-corrected chi connectivity index (χ4v) is 5.95. The number of hydrogen-bond donors (Lipinski definition) is 1. The predicted molar refractivity (Wildman–Crippen MR) is 137 cm³/mol. The first kappa shape index (κ1) is 21.1. The number of aromatic nitrogens is 2. The van der Waals surface area contributed by atoms with Crippen LogP contribution in [0.3, 0.4) is 0 Å². The van der Waals surface area contributed by atoms with Crippen LogP contribution < -0.4 is 5.43 Å². The molecule has 1 N–H and O–H groups in total. The van der Waals surface area contributed by atoms with Gasteiger partial charge in [-0.1, -0.05) is 63.6 Å². The van der Waals surface area contributed by atoms with Gasteiger partial charge in [0.05, 0.1) is 11.1 Å². The van der Waals surface area contributed by atoms with Crippen molar-refractivity contribution in [2.45, 2.75) is 53.4 Å². The van der Waals surface area contributed by atoms with E-state index in [2.05, 4.69) is 78.6 Å². The van der Waals surface area contributed by atoms with Gasteiger partial charge in [-0.25, -0.2) is 9.97 Å². The van der Waals surface area contributed by atoms with E-state index in [-0.39, 0.29) is 0 Å². The smallest absolute Gasteiger partial charge is 0.158 e. The first-order valence-electron chi connectivity index (χ1n) is 11.5. The minimum absolute atomic E-state index is 0.347. The number of fused-ring (bicyclic) bond motifs is 4. The van der Waals surface area contributed by atoms with Gasteiger partial charge in [0.25, 0.3) is 0 Å². The Balaban J connectivity index is 1.47. The fraction of sp³-hybridized carbons (Fsp3) is 0.370. The van der Waals surface area contributed by atoms with Crippen LogP contribution in [0.5, 0.6) is 0 Å².